The van der Waals surface area contributed by atoms with Crippen LogP contribution in [0.15, 0.2) is 22.7 Å². The van der Waals surface area contributed by atoms with Gasteiger partial charge in [-0.25, -0.2) is 0 Å². The number of anilines is 1. The lowest BCUT2D eigenvalue weighted by Gasteiger charge is -2.38. The van der Waals surface area contributed by atoms with Crippen molar-refractivity contribution < 1.29 is 5.11 Å². The van der Waals surface area contributed by atoms with Gasteiger partial charge in [-0.15, -0.1) is 0 Å². The predicted octanol–water partition coefficient (Wildman–Crippen LogP) is 2.47. The number of benzene rings is 1. The van der Waals surface area contributed by atoms with Crippen LogP contribution in [0.1, 0.15) is 31.2 Å². The summed E-state index contributed by atoms with van der Waals surface area (Å²) in [6.07, 6.45) is 4.21. The average molecular weight is 326 g/mol. The molecule has 1 aromatic rings. The van der Waals surface area contributed by atoms with Crippen molar-refractivity contribution in [2.24, 2.45) is 5.73 Å². The van der Waals surface area contributed by atoms with E-state index in [-0.39, 0.29) is 12.4 Å². The molecule has 0 spiro atoms. The Morgan fingerprint density at radius 3 is 2.95 bits per heavy atom. The van der Waals surface area contributed by atoms with E-state index in [1.165, 1.54) is 6.42 Å². The van der Waals surface area contributed by atoms with Gasteiger partial charge in [0.05, 0.1) is 0 Å². The number of nitrogens with zero attached hydrogens (tertiary/aromatic N) is 1. The number of aliphatic hydroxyl groups excluding tert-OH is 1. The molecule has 0 radical (unpaired) electrons. The minimum atomic E-state index is 0.0876. The molecular weight excluding hydrogens is 306 g/mol. The lowest BCUT2D eigenvalue weighted by molar-refractivity contribution is 0.262. The van der Waals surface area contributed by atoms with Gasteiger partial charge in [0.1, 0.15) is 5.84 Å². The third kappa shape index (κ3) is 3.28. The monoisotopic (exact) mass is 325 g/mol. The fraction of sp³-hybridized carbons (Fsp3) is 0.500. The molecule has 1 aliphatic heterocycles. The summed E-state index contributed by atoms with van der Waals surface area (Å²) in [5.41, 5.74) is 7.47. The van der Waals surface area contributed by atoms with Gasteiger partial charge in [-0.1, -0.05) is 15.9 Å². The quantitative estimate of drug-likeness (QED) is 0.588. The largest absolute Gasteiger partial charge is 0.396 e. The van der Waals surface area contributed by atoms with E-state index in [1.54, 1.807) is 0 Å². The normalized spacial score (nSPS) is 19.5. The van der Waals surface area contributed by atoms with Crippen molar-refractivity contribution in [2.75, 3.05) is 18.1 Å². The van der Waals surface area contributed by atoms with E-state index in [1.807, 2.05) is 18.2 Å². The zero-order chi connectivity index (χ0) is 13.8. The zero-order valence-corrected chi connectivity index (χ0v) is 12.5. The average Bonchev–Trinajstić information content (AvgIpc) is 2.40. The number of hydrogen-bond acceptors (Lipinski definition) is 3. The van der Waals surface area contributed by atoms with Crippen molar-refractivity contribution in [3.8, 4) is 0 Å². The first-order valence-electron chi connectivity index (χ1n) is 6.65. The van der Waals surface area contributed by atoms with Crippen LogP contribution >= 0.6 is 15.9 Å². The van der Waals surface area contributed by atoms with Crippen LogP contribution in [0, 0.1) is 5.41 Å². The van der Waals surface area contributed by atoms with Crippen molar-refractivity contribution in [1.82, 2.24) is 0 Å². The first kappa shape index (κ1) is 14.3. The van der Waals surface area contributed by atoms with Crippen LogP contribution in [0.5, 0.6) is 0 Å². The number of nitrogen functional groups attached to an aromatic ring is 1. The molecule has 1 fully saturated rings. The zero-order valence-electron chi connectivity index (χ0n) is 10.9. The van der Waals surface area contributed by atoms with Crippen LogP contribution in [0.2, 0.25) is 0 Å². The maximum Gasteiger partial charge on any atom is 0.124 e. The van der Waals surface area contributed by atoms with E-state index in [2.05, 4.69) is 20.8 Å². The van der Waals surface area contributed by atoms with Crippen molar-refractivity contribution in [3.05, 3.63) is 28.2 Å². The fourth-order valence-electron chi connectivity index (χ4n) is 2.74. The lowest BCUT2D eigenvalue weighted by atomic mass is 9.97. The van der Waals surface area contributed by atoms with Gasteiger partial charge >= 0.3 is 0 Å². The summed E-state index contributed by atoms with van der Waals surface area (Å²) in [5.74, 6) is 0.0876. The van der Waals surface area contributed by atoms with Crippen molar-refractivity contribution in [2.45, 2.75) is 31.7 Å². The Balaban J connectivity index is 2.35. The summed E-state index contributed by atoms with van der Waals surface area (Å²) >= 11 is 3.42. The van der Waals surface area contributed by atoms with E-state index in [0.29, 0.717) is 6.04 Å². The molecule has 104 valence electrons. The molecule has 2 rings (SSSR count). The van der Waals surface area contributed by atoms with Crippen LogP contribution in [-0.4, -0.2) is 30.1 Å². The molecule has 5 heteroatoms. The molecule has 0 amide bonds. The van der Waals surface area contributed by atoms with E-state index in [4.69, 9.17) is 11.1 Å². The number of halogens is 1. The second-order valence-electron chi connectivity index (χ2n) is 4.93. The Hall–Kier alpha value is -1.07. The van der Waals surface area contributed by atoms with Crippen LogP contribution in [0.4, 0.5) is 5.69 Å². The molecule has 1 heterocycles. The van der Waals surface area contributed by atoms with E-state index in [0.717, 1.165) is 41.5 Å². The highest BCUT2D eigenvalue weighted by molar-refractivity contribution is 9.10. The molecule has 1 aliphatic rings. The molecule has 4 nitrogen and oxygen atoms in total. The van der Waals surface area contributed by atoms with Crippen LogP contribution in [0.25, 0.3) is 0 Å². The SMILES string of the molecule is N=C(N)c1cc(Br)ccc1N1CCCCC1CCO. The number of aliphatic hydroxyl groups is 1. The Bertz CT molecular complexity index is 462. The van der Waals surface area contributed by atoms with Crippen molar-refractivity contribution in [3.63, 3.8) is 0 Å². The highest BCUT2D eigenvalue weighted by atomic mass is 79.9. The number of rotatable bonds is 4. The van der Waals surface area contributed by atoms with Crippen molar-refractivity contribution in [1.29, 1.82) is 5.41 Å². The highest BCUT2D eigenvalue weighted by Crippen LogP contribution is 2.31. The standard InChI is InChI=1S/C14H20BrN3O/c15-10-4-5-13(12(9-10)14(16)17)18-7-2-1-3-11(18)6-8-19/h4-5,9,11,19H,1-3,6-8H2,(H3,16,17). The van der Waals surface area contributed by atoms with E-state index in [9.17, 15) is 5.11 Å². The molecule has 1 saturated heterocycles. The molecule has 0 bridgehead atoms. The summed E-state index contributed by atoms with van der Waals surface area (Å²) < 4.78 is 0.928. The molecule has 0 aliphatic carbocycles. The molecule has 1 unspecified atom stereocenters. The van der Waals surface area contributed by atoms with Gasteiger partial charge in [0, 0.05) is 34.9 Å². The van der Waals surface area contributed by atoms with Gasteiger partial charge in [0.15, 0.2) is 0 Å². The Kier molecular flexibility index (Phi) is 4.82. The van der Waals surface area contributed by atoms with Crippen LogP contribution < -0.4 is 10.6 Å². The molecule has 19 heavy (non-hydrogen) atoms. The van der Waals surface area contributed by atoms with Crippen LogP contribution in [-0.2, 0) is 0 Å². The Morgan fingerprint density at radius 1 is 1.47 bits per heavy atom. The smallest absolute Gasteiger partial charge is 0.124 e. The third-order valence-corrected chi connectivity index (χ3v) is 4.14. The highest BCUT2D eigenvalue weighted by Gasteiger charge is 2.24. The Morgan fingerprint density at radius 2 is 2.26 bits per heavy atom. The molecular formula is C14H20BrN3O. The van der Waals surface area contributed by atoms with Crippen LogP contribution in [0.3, 0.4) is 0 Å². The van der Waals surface area contributed by atoms with Gasteiger partial charge in [0.2, 0.25) is 0 Å². The van der Waals surface area contributed by atoms with Gasteiger partial charge in [-0.3, -0.25) is 5.41 Å². The second kappa shape index (κ2) is 6.39. The summed E-state index contributed by atoms with van der Waals surface area (Å²) in [6.45, 7) is 1.17. The number of piperidine rings is 1. The number of nitrogens with one attached hydrogen (secondary N) is 1. The summed E-state index contributed by atoms with van der Waals surface area (Å²) in [7, 11) is 0. The maximum absolute atomic E-state index is 9.20. The van der Waals surface area contributed by atoms with Gasteiger partial charge in [-0.2, -0.15) is 0 Å². The Labute approximate surface area is 122 Å². The minimum Gasteiger partial charge on any atom is -0.396 e. The molecule has 0 aromatic heterocycles. The molecule has 1 aromatic carbocycles. The number of nitrogens with two attached hydrogens (primary N) is 1. The molecule has 1 atom stereocenters. The van der Waals surface area contributed by atoms with Gasteiger partial charge < -0.3 is 15.7 Å². The van der Waals surface area contributed by atoms with E-state index < -0.39 is 0 Å². The first-order valence-corrected chi connectivity index (χ1v) is 7.44. The van der Waals surface area contributed by atoms with Gasteiger partial charge in [0.25, 0.3) is 0 Å². The summed E-state index contributed by atoms with van der Waals surface area (Å²) in [4.78, 5) is 2.29. The number of amidine groups is 1. The molecule has 0 saturated carbocycles. The number of hydrogen-bond donors (Lipinski definition) is 3. The topological polar surface area (TPSA) is 73.3 Å². The lowest BCUT2D eigenvalue weighted by Crippen LogP contribution is -2.41. The van der Waals surface area contributed by atoms with Gasteiger partial charge in [-0.05, 0) is 43.9 Å². The minimum absolute atomic E-state index is 0.0876. The predicted molar refractivity (Wildman–Crippen MR) is 81.8 cm³/mol. The third-order valence-electron chi connectivity index (χ3n) is 3.65. The fourth-order valence-corrected chi connectivity index (χ4v) is 3.10. The maximum atomic E-state index is 9.20. The van der Waals surface area contributed by atoms with Crippen molar-refractivity contribution >= 4 is 27.5 Å². The van der Waals surface area contributed by atoms with E-state index >= 15 is 0 Å². The molecule has 4 N–H and O–H groups in total. The first-order chi connectivity index (χ1) is 9.13. The second-order valence-corrected chi connectivity index (χ2v) is 5.85. The summed E-state index contributed by atoms with van der Waals surface area (Å²) in [6, 6.07) is 6.23. The summed E-state index contributed by atoms with van der Waals surface area (Å²) in [5, 5.41) is 16.9.